The second-order valence-corrected chi connectivity index (χ2v) is 10.2. The highest BCUT2D eigenvalue weighted by atomic mass is 32.2. The van der Waals surface area contributed by atoms with Crippen molar-refractivity contribution in [3.8, 4) is 11.5 Å². The fourth-order valence-electron chi connectivity index (χ4n) is 3.25. The SMILES string of the molecule is O=C(COC(=O)C1CCN(S(=O)(=O)c2cccs2)CC1)Nc1nnc(-c2ccccc2)o1. The third-order valence-corrected chi connectivity index (χ3v) is 8.19. The predicted molar refractivity (Wildman–Crippen MR) is 115 cm³/mol. The van der Waals surface area contributed by atoms with E-state index in [2.05, 4.69) is 15.5 Å². The van der Waals surface area contributed by atoms with Gasteiger partial charge >= 0.3 is 12.0 Å². The van der Waals surface area contributed by atoms with Crippen molar-refractivity contribution in [1.29, 1.82) is 0 Å². The Morgan fingerprint density at radius 2 is 1.88 bits per heavy atom. The fraction of sp³-hybridized carbons (Fsp3) is 0.300. The quantitative estimate of drug-likeness (QED) is 0.514. The number of anilines is 1. The summed E-state index contributed by atoms with van der Waals surface area (Å²) in [6, 6.07) is 12.2. The third kappa shape index (κ3) is 5.03. The predicted octanol–water partition coefficient (Wildman–Crippen LogP) is 2.38. The molecule has 0 unspecified atom stereocenters. The highest BCUT2D eigenvalue weighted by molar-refractivity contribution is 7.91. The van der Waals surface area contributed by atoms with Gasteiger partial charge < -0.3 is 9.15 Å². The van der Waals surface area contributed by atoms with E-state index in [4.69, 9.17) is 9.15 Å². The summed E-state index contributed by atoms with van der Waals surface area (Å²) >= 11 is 1.16. The van der Waals surface area contributed by atoms with Crippen molar-refractivity contribution in [2.75, 3.05) is 25.0 Å². The molecule has 0 bridgehead atoms. The summed E-state index contributed by atoms with van der Waals surface area (Å²) < 4.78 is 37.2. The third-order valence-electron chi connectivity index (χ3n) is 4.91. The van der Waals surface area contributed by atoms with E-state index in [-0.39, 0.29) is 29.2 Å². The molecule has 32 heavy (non-hydrogen) atoms. The molecule has 1 amide bonds. The molecule has 2 aromatic heterocycles. The zero-order chi connectivity index (χ0) is 22.6. The normalized spacial score (nSPS) is 15.4. The van der Waals surface area contributed by atoms with Gasteiger partial charge in [0.1, 0.15) is 4.21 Å². The van der Waals surface area contributed by atoms with Crippen LogP contribution in [0, 0.1) is 5.92 Å². The zero-order valence-electron chi connectivity index (χ0n) is 16.8. The molecule has 1 N–H and O–H groups in total. The number of aromatic nitrogens is 2. The second-order valence-electron chi connectivity index (χ2n) is 7.04. The molecular weight excluding hydrogens is 456 g/mol. The van der Waals surface area contributed by atoms with Gasteiger partial charge in [0.15, 0.2) is 6.61 Å². The first-order valence-electron chi connectivity index (χ1n) is 9.82. The lowest BCUT2D eigenvalue weighted by Gasteiger charge is -2.29. The summed E-state index contributed by atoms with van der Waals surface area (Å²) in [4.78, 5) is 24.4. The van der Waals surface area contributed by atoms with Crippen LogP contribution in [0.4, 0.5) is 6.01 Å². The molecule has 0 spiro atoms. The monoisotopic (exact) mass is 476 g/mol. The van der Waals surface area contributed by atoms with Crippen LogP contribution >= 0.6 is 11.3 Å². The van der Waals surface area contributed by atoms with Crippen LogP contribution in [0.1, 0.15) is 12.8 Å². The molecular formula is C20H20N4O6S2. The average molecular weight is 477 g/mol. The first-order valence-corrected chi connectivity index (χ1v) is 12.1. The number of hydrogen-bond donors (Lipinski definition) is 1. The van der Waals surface area contributed by atoms with Crippen molar-refractivity contribution < 1.29 is 27.2 Å². The van der Waals surface area contributed by atoms with Gasteiger partial charge in [0.25, 0.3) is 15.9 Å². The van der Waals surface area contributed by atoms with E-state index < -0.39 is 34.4 Å². The Kier molecular flexibility index (Phi) is 6.63. The van der Waals surface area contributed by atoms with Crippen LogP contribution in [0.15, 0.2) is 56.5 Å². The van der Waals surface area contributed by atoms with E-state index in [1.165, 1.54) is 4.31 Å². The topological polar surface area (TPSA) is 132 Å². The fourth-order valence-corrected chi connectivity index (χ4v) is 5.86. The number of rotatable bonds is 7. The minimum absolute atomic E-state index is 0.100. The number of carbonyl (C=O) groups is 2. The highest BCUT2D eigenvalue weighted by Crippen LogP contribution is 2.27. The van der Waals surface area contributed by atoms with Gasteiger partial charge in [-0.25, -0.2) is 8.42 Å². The van der Waals surface area contributed by atoms with Crippen LogP contribution in [0.25, 0.3) is 11.5 Å². The Morgan fingerprint density at radius 3 is 2.56 bits per heavy atom. The Hall–Kier alpha value is -3.09. The number of piperidine rings is 1. The lowest BCUT2D eigenvalue weighted by Crippen LogP contribution is -2.40. The molecule has 0 aliphatic carbocycles. The number of nitrogens with zero attached hydrogens (tertiary/aromatic N) is 3. The average Bonchev–Trinajstić information content (AvgIpc) is 3.51. The Balaban J connectivity index is 1.23. The van der Waals surface area contributed by atoms with Crippen LogP contribution < -0.4 is 5.32 Å². The van der Waals surface area contributed by atoms with E-state index in [0.29, 0.717) is 18.4 Å². The molecule has 1 aromatic carbocycles. The van der Waals surface area contributed by atoms with Gasteiger partial charge in [-0.2, -0.15) is 4.31 Å². The molecule has 1 saturated heterocycles. The molecule has 4 rings (SSSR count). The summed E-state index contributed by atoms with van der Waals surface area (Å²) in [5.74, 6) is -1.36. The van der Waals surface area contributed by atoms with Crippen LogP contribution in [-0.4, -0.2) is 54.5 Å². The number of hydrogen-bond acceptors (Lipinski definition) is 9. The first-order chi connectivity index (χ1) is 15.4. The summed E-state index contributed by atoms with van der Waals surface area (Å²) in [7, 11) is -3.53. The Labute approximate surface area is 188 Å². The van der Waals surface area contributed by atoms with Gasteiger partial charge in [-0.15, -0.1) is 16.4 Å². The van der Waals surface area contributed by atoms with Crippen molar-refractivity contribution in [2.24, 2.45) is 5.92 Å². The molecule has 3 heterocycles. The molecule has 12 heteroatoms. The summed E-state index contributed by atoms with van der Waals surface area (Å²) in [5.41, 5.74) is 0.708. The maximum absolute atomic E-state index is 12.6. The molecule has 168 valence electrons. The van der Waals surface area contributed by atoms with Gasteiger partial charge in [-0.1, -0.05) is 29.4 Å². The molecule has 1 fully saturated rings. The molecule has 10 nitrogen and oxygen atoms in total. The van der Waals surface area contributed by atoms with Gasteiger partial charge in [0, 0.05) is 18.7 Å². The van der Waals surface area contributed by atoms with E-state index >= 15 is 0 Å². The zero-order valence-corrected chi connectivity index (χ0v) is 18.5. The second kappa shape index (κ2) is 9.59. The largest absolute Gasteiger partial charge is 0.455 e. The van der Waals surface area contributed by atoms with Crippen LogP contribution in [0.5, 0.6) is 0 Å². The lowest BCUT2D eigenvalue weighted by molar-refractivity contribution is -0.152. The van der Waals surface area contributed by atoms with Crippen molar-refractivity contribution in [2.45, 2.75) is 17.1 Å². The Bertz CT molecular complexity index is 1170. The number of amides is 1. The minimum atomic E-state index is -3.53. The number of nitrogens with one attached hydrogen (secondary N) is 1. The number of ether oxygens (including phenoxy) is 1. The van der Waals surface area contributed by atoms with Gasteiger partial charge in [-0.3, -0.25) is 14.9 Å². The maximum atomic E-state index is 12.6. The molecule has 3 aromatic rings. The van der Waals surface area contributed by atoms with Crippen molar-refractivity contribution in [3.63, 3.8) is 0 Å². The molecule has 1 aliphatic rings. The summed E-state index contributed by atoms with van der Waals surface area (Å²) in [6.07, 6.45) is 0.657. The van der Waals surface area contributed by atoms with Crippen LogP contribution in [-0.2, 0) is 24.3 Å². The van der Waals surface area contributed by atoms with E-state index in [1.807, 2.05) is 18.2 Å². The lowest BCUT2D eigenvalue weighted by atomic mass is 9.98. The summed E-state index contributed by atoms with van der Waals surface area (Å²) in [6.45, 7) is -0.0670. The maximum Gasteiger partial charge on any atom is 0.322 e. The van der Waals surface area contributed by atoms with Crippen LogP contribution in [0.3, 0.4) is 0 Å². The van der Waals surface area contributed by atoms with Crippen molar-refractivity contribution >= 4 is 39.3 Å². The molecule has 1 aliphatic heterocycles. The number of benzene rings is 1. The van der Waals surface area contributed by atoms with Crippen molar-refractivity contribution in [3.05, 3.63) is 47.8 Å². The number of thiophene rings is 1. The van der Waals surface area contributed by atoms with Crippen molar-refractivity contribution in [1.82, 2.24) is 14.5 Å². The minimum Gasteiger partial charge on any atom is -0.455 e. The smallest absolute Gasteiger partial charge is 0.322 e. The summed E-state index contributed by atoms with van der Waals surface area (Å²) in [5, 5.41) is 11.7. The number of esters is 1. The van der Waals surface area contributed by atoms with Gasteiger partial charge in [0.05, 0.1) is 5.92 Å². The number of carbonyl (C=O) groups excluding carboxylic acids is 2. The molecule has 0 radical (unpaired) electrons. The van der Waals surface area contributed by atoms with E-state index in [0.717, 1.165) is 11.3 Å². The first kappa shape index (κ1) is 22.1. The molecule has 0 saturated carbocycles. The van der Waals surface area contributed by atoms with Gasteiger partial charge in [0.2, 0.25) is 5.89 Å². The van der Waals surface area contributed by atoms with Gasteiger partial charge in [-0.05, 0) is 36.4 Å². The van der Waals surface area contributed by atoms with E-state index in [9.17, 15) is 18.0 Å². The standard InChI is InChI=1S/C20H20N4O6S2/c25-16(21-20-23-22-18(30-20)14-5-2-1-3-6-14)13-29-19(26)15-8-10-24(11-9-15)32(27,28)17-7-4-12-31-17/h1-7,12,15H,8-11,13H2,(H,21,23,25). The van der Waals surface area contributed by atoms with E-state index in [1.54, 1.807) is 29.6 Å². The Morgan fingerprint density at radius 1 is 1.12 bits per heavy atom. The van der Waals surface area contributed by atoms with Crippen LogP contribution in [0.2, 0.25) is 0 Å². The molecule has 0 atom stereocenters. The number of sulfonamides is 1. The highest BCUT2D eigenvalue weighted by Gasteiger charge is 2.33.